The van der Waals surface area contributed by atoms with Crippen molar-refractivity contribution < 1.29 is 14.3 Å². The van der Waals surface area contributed by atoms with Crippen LogP contribution in [0.1, 0.15) is 25.3 Å². The number of anilines is 1. The summed E-state index contributed by atoms with van der Waals surface area (Å²) >= 11 is 0. The lowest BCUT2D eigenvalue weighted by atomic mass is 9.54. The third kappa shape index (κ3) is 1.77. The molecule has 25 heavy (non-hydrogen) atoms. The second-order valence-electron chi connectivity index (χ2n) is 8.13. The minimum atomic E-state index is -0.261. The van der Waals surface area contributed by atoms with Gasteiger partial charge in [-0.15, -0.1) is 0 Å². The first-order valence-electron chi connectivity index (χ1n) is 9.26. The molecule has 5 nitrogen and oxygen atoms in total. The van der Waals surface area contributed by atoms with Crippen LogP contribution in [-0.4, -0.2) is 48.9 Å². The lowest BCUT2D eigenvalue weighted by Crippen LogP contribution is -2.65. The van der Waals surface area contributed by atoms with Gasteiger partial charge < -0.3 is 10.1 Å². The zero-order chi connectivity index (χ0) is 17.3. The fourth-order valence-corrected chi connectivity index (χ4v) is 6.45. The maximum atomic E-state index is 12.8. The summed E-state index contributed by atoms with van der Waals surface area (Å²) in [5.41, 5.74) is 2.46. The van der Waals surface area contributed by atoms with Crippen LogP contribution in [0.25, 0.3) is 0 Å². The molecule has 132 valence electrons. The predicted molar refractivity (Wildman–Crippen MR) is 93.3 cm³/mol. The number of carbonyl (C=O) groups is 2. The number of hydrogen-bond acceptors (Lipinski definition) is 5. The van der Waals surface area contributed by atoms with Crippen LogP contribution >= 0.6 is 0 Å². The van der Waals surface area contributed by atoms with Crippen LogP contribution in [0.2, 0.25) is 0 Å². The maximum absolute atomic E-state index is 12.8. The maximum Gasteiger partial charge on any atom is 0.311 e. The molecule has 2 saturated heterocycles. The molecule has 3 fully saturated rings. The molecule has 5 heteroatoms. The second-order valence-corrected chi connectivity index (χ2v) is 8.13. The molecule has 5 rings (SSSR count). The van der Waals surface area contributed by atoms with E-state index in [9.17, 15) is 9.59 Å². The largest absolute Gasteiger partial charge is 0.469 e. The van der Waals surface area contributed by atoms with Crippen molar-refractivity contribution in [1.82, 2.24) is 4.90 Å². The van der Waals surface area contributed by atoms with E-state index in [-0.39, 0.29) is 41.0 Å². The minimum Gasteiger partial charge on any atom is -0.469 e. The smallest absolute Gasteiger partial charge is 0.311 e. The van der Waals surface area contributed by atoms with E-state index in [0.717, 1.165) is 31.6 Å². The first kappa shape index (κ1) is 15.4. The van der Waals surface area contributed by atoms with E-state index < -0.39 is 0 Å². The highest BCUT2D eigenvalue weighted by molar-refractivity contribution is 5.83. The molecule has 0 amide bonds. The molecule has 1 saturated carbocycles. The van der Waals surface area contributed by atoms with E-state index in [1.165, 1.54) is 12.7 Å². The van der Waals surface area contributed by atoms with Crippen molar-refractivity contribution in [2.75, 3.05) is 25.5 Å². The van der Waals surface area contributed by atoms with Gasteiger partial charge in [0.1, 0.15) is 5.78 Å². The van der Waals surface area contributed by atoms with Crippen molar-refractivity contribution >= 4 is 17.4 Å². The van der Waals surface area contributed by atoms with E-state index in [1.54, 1.807) is 6.92 Å². The third-order valence-corrected chi connectivity index (χ3v) is 7.40. The molecular formula is C20H24N2O3. The van der Waals surface area contributed by atoms with E-state index in [0.29, 0.717) is 6.04 Å². The Labute approximate surface area is 147 Å². The van der Waals surface area contributed by atoms with E-state index >= 15 is 0 Å². The number of para-hydroxylation sites is 1. The number of esters is 1. The number of ketones is 1. The number of rotatable bonds is 2. The van der Waals surface area contributed by atoms with Crippen LogP contribution < -0.4 is 5.32 Å². The van der Waals surface area contributed by atoms with Gasteiger partial charge in [-0.2, -0.15) is 0 Å². The summed E-state index contributed by atoms with van der Waals surface area (Å²) in [6.07, 6.45) is 1.95. The van der Waals surface area contributed by atoms with Gasteiger partial charge >= 0.3 is 5.97 Å². The van der Waals surface area contributed by atoms with Gasteiger partial charge in [-0.25, -0.2) is 0 Å². The van der Waals surface area contributed by atoms with Gasteiger partial charge in [0.05, 0.1) is 19.1 Å². The zero-order valence-corrected chi connectivity index (χ0v) is 14.7. The molecule has 3 heterocycles. The molecule has 2 unspecified atom stereocenters. The van der Waals surface area contributed by atoms with Crippen molar-refractivity contribution in [3.63, 3.8) is 0 Å². The Hall–Kier alpha value is -1.88. The van der Waals surface area contributed by atoms with Gasteiger partial charge in [0.15, 0.2) is 0 Å². The van der Waals surface area contributed by atoms with E-state index in [4.69, 9.17) is 4.74 Å². The number of fused-ring (bicyclic) bond motifs is 2. The summed E-state index contributed by atoms with van der Waals surface area (Å²) in [5.74, 6) is -0.221. The highest BCUT2D eigenvalue weighted by Crippen LogP contribution is 2.61. The average molecular weight is 340 g/mol. The Morgan fingerprint density at radius 3 is 2.88 bits per heavy atom. The standard InChI is InChI=1S/C20H24N2O3/c1-11(23)13-10-22-8-7-20-14-5-3-4-6-15(14)21-18(20)17(19(24)25-2)12(13)9-16(20)22/h3-6,12-13,16-18,21H,7-10H2,1-2H3/t12-,13-,16?,17?,18-,20+/m0/s1. The fourth-order valence-electron chi connectivity index (χ4n) is 6.45. The number of Topliss-reactive ketones (excluding diaryl/α,β-unsaturated/α-hetero) is 1. The molecule has 1 aromatic carbocycles. The van der Waals surface area contributed by atoms with E-state index in [2.05, 4.69) is 28.4 Å². The summed E-state index contributed by atoms with van der Waals surface area (Å²) in [7, 11) is 1.47. The molecule has 2 bridgehead atoms. The van der Waals surface area contributed by atoms with Crippen LogP contribution in [-0.2, 0) is 19.7 Å². The molecule has 0 aromatic heterocycles. The number of hydrogen-bond donors (Lipinski definition) is 1. The van der Waals surface area contributed by atoms with Crippen molar-refractivity contribution in [3.05, 3.63) is 29.8 Å². The monoisotopic (exact) mass is 340 g/mol. The Morgan fingerprint density at radius 1 is 1.32 bits per heavy atom. The number of methoxy groups -OCH3 is 1. The predicted octanol–water partition coefficient (Wildman–Crippen LogP) is 1.82. The Balaban J connectivity index is 1.69. The summed E-state index contributed by atoms with van der Waals surface area (Å²) in [6, 6.07) is 8.91. The quantitative estimate of drug-likeness (QED) is 0.832. The van der Waals surface area contributed by atoms with Gasteiger partial charge in [-0.1, -0.05) is 18.2 Å². The van der Waals surface area contributed by atoms with Crippen molar-refractivity contribution in [2.45, 2.75) is 37.3 Å². The lowest BCUT2D eigenvalue weighted by molar-refractivity contribution is -0.156. The topological polar surface area (TPSA) is 58.6 Å². The molecule has 1 N–H and O–H groups in total. The van der Waals surface area contributed by atoms with Crippen molar-refractivity contribution in [2.24, 2.45) is 17.8 Å². The van der Waals surface area contributed by atoms with Crippen molar-refractivity contribution in [3.8, 4) is 0 Å². The van der Waals surface area contributed by atoms with Crippen molar-refractivity contribution in [1.29, 1.82) is 0 Å². The molecule has 1 aliphatic carbocycles. The SMILES string of the molecule is COC(=O)C1[C@H]2CC3N(CC[C@@]34c3ccccc3N[C@@H]14)C[C@H]2C(C)=O. The third-order valence-electron chi connectivity index (χ3n) is 7.40. The second kappa shape index (κ2) is 5.07. The zero-order valence-electron chi connectivity index (χ0n) is 14.7. The van der Waals surface area contributed by atoms with Gasteiger partial charge in [-0.05, 0) is 43.9 Å². The average Bonchev–Trinajstić information content (AvgIpc) is 3.17. The highest BCUT2D eigenvalue weighted by Gasteiger charge is 2.68. The molecular weight excluding hydrogens is 316 g/mol. The normalized spacial score (nSPS) is 40.8. The molecule has 1 aromatic rings. The first-order valence-corrected chi connectivity index (χ1v) is 9.26. The molecule has 1 spiro atoms. The Morgan fingerprint density at radius 2 is 2.12 bits per heavy atom. The van der Waals surface area contributed by atoms with Crippen LogP contribution in [0.15, 0.2) is 24.3 Å². The number of nitrogens with zero attached hydrogens (tertiary/aromatic N) is 1. The van der Waals surface area contributed by atoms with Gasteiger partial charge in [0.25, 0.3) is 0 Å². The van der Waals surface area contributed by atoms with Gasteiger partial charge in [0, 0.05) is 29.6 Å². The molecule has 0 radical (unpaired) electrons. The Bertz CT molecular complexity index is 763. The van der Waals surface area contributed by atoms with Gasteiger partial charge in [-0.3, -0.25) is 14.5 Å². The van der Waals surface area contributed by atoms with E-state index in [1.807, 2.05) is 6.07 Å². The Kier molecular flexibility index (Phi) is 3.12. The summed E-state index contributed by atoms with van der Waals surface area (Å²) in [4.78, 5) is 27.7. The summed E-state index contributed by atoms with van der Waals surface area (Å²) < 4.78 is 5.22. The molecule has 3 aliphatic heterocycles. The number of nitrogens with one attached hydrogen (secondary N) is 1. The van der Waals surface area contributed by atoms with Crippen LogP contribution in [0.5, 0.6) is 0 Å². The number of piperidine rings is 1. The summed E-state index contributed by atoms with van der Waals surface area (Å²) in [6.45, 7) is 3.46. The number of benzene rings is 1. The lowest BCUT2D eigenvalue weighted by Gasteiger charge is -2.55. The summed E-state index contributed by atoms with van der Waals surface area (Å²) in [5, 5.41) is 3.67. The first-order chi connectivity index (χ1) is 12.1. The van der Waals surface area contributed by atoms with Gasteiger partial charge in [0.2, 0.25) is 0 Å². The van der Waals surface area contributed by atoms with Crippen LogP contribution in [0.4, 0.5) is 5.69 Å². The minimum absolute atomic E-state index is 0.0215. The molecule has 6 atom stereocenters. The fraction of sp³-hybridized carbons (Fsp3) is 0.600. The number of ether oxygens (including phenoxy) is 1. The highest BCUT2D eigenvalue weighted by atomic mass is 16.5. The van der Waals surface area contributed by atoms with Crippen LogP contribution in [0, 0.1) is 17.8 Å². The molecule has 4 aliphatic rings. The number of carbonyl (C=O) groups excluding carboxylic acids is 2. The van der Waals surface area contributed by atoms with Crippen LogP contribution in [0.3, 0.4) is 0 Å².